The minimum absolute atomic E-state index is 0.0251. The van der Waals surface area contributed by atoms with Crippen LogP contribution in [-0.4, -0.2) is 47.0 Å². The van der Waals surface area contributed by atoms with E-state index in [1.54, 1.807) is 24.1 Å². The van der Waals surface area contributed by atoms with Gasteiger partial charge in [-0.1, -0.05) is 12.1 Å². The van der Waals surface area contributed by atoms with Crippen LogP contribution in [0.1, 0.15) is 77.4 Å². The zero-order valence-corrected chi connectivity index (χ0v) is 18.6. The van der Waals surface area contributed by atoms with Crippen molar-refractivity contribution >= 4 is 6.09 Å². The van der Waals surface area contributed by atoms with Crippen molar-refractivity contribution in [1.82, 2.24) is 4.90 Å². The van der Waals surface area contributed by atoms with Crippen molar-refractivity contribution in [2.75, 3.05) is 7.11 Å². The number of carbonyl (C=O) groups excluding carboxylic acids is 1. The average molecular weight is 422 g/mol. The Bertz CT molecular complexity index is 711. The second kappa shape index (κ2) is 9.65. The highest BCUT2D eigenvalue weighted by atomic mass is 19.1. The van der Waals surface area contributed by atoms with Gasteiger partial charge >= 0.3 is 6.09 Å². The number of amides is 1. The molecule has 30 heavy (non-hydrogen) atoms. The molecule has 6 heteroatoms. The summed E-state index contributed by atoms with van der Waals surface area (Å²) < 4.78 is 24.9. The molecule has 1 saturated heterocycles. The lowest BCUT2D eigenvalue weighted by molar-refractivity contribution is -0.00898. The third-order valence-corrected chi connectivity index (χ3v) is 6.44. The third kappa shape index (κ3) is 5.73. The molecule has 2 aliphatic rings. The SMILES string of the molecule is COC1CCC(CC2CCC([C@H](O)c3cccc(F)c3)N2C(=O)OC(C)(C)C)CC1. The van der Waals surface area contributed by atoms with E-state index in [1.807, 2.05) is 20.8 Å². The maximum Gasteiger partial charge on any atom is 0.410 e. The van der Waals surface area contributed by atoms with Crippen LogP contribution in [0.5, 0.6) is 0 Å². The molecule has 0 spiro atoms. The van der Waals surface area contributed by atoms with Crippen LogP contribution in [0.2, 0.25) is 0 Å². The van der Waals surface area contributed by atoms with E-state index in [2.05, 4.69) is 0 Å². The molecule has 168 valence electrons. The lowest BCUT2D eigenvalue weighted by Crippen LogP contribution is -2.47. The maximum atomic E-state index is 13.7. The first-order chi connectivity index (χ1) is 14.2. The molecule has 2 unspecified atom stereocenters. The van der Waals surface area contributed by atoms with Gasteiger partial charge in [0.15, 0.2) is 0 Å². The van der Waals surface area contributed by atoms with Gasteiger partial charge in [0.05, 0.1) is 18.2 Å². The maximum absolute atomic E-state index is 13.7. The Balaban J connectivity index is 1.76. The number of halogens is 1. The van der Waals surface area contributed by atoms with Gasteiger partial charge in [0.1, 0.15) is 11.4 Å². The van der Waals surface area contributed by atoms with Crippen molar-refractivity contribution in [2.45, 2.75) is 95.6 Å². The fourth-order valence-corrected chi connectivity index (χ4v) is 4.95. The first kappa shape index (κ1) is 23.0. The Hall–Kier alpha value is -1.66. The van der Waals surface area contributed by atoms with Crippen molar-refractivity contribution in [3.63, 3.8) is 0 Å². The minimum atomic E-state index is -0.942. The summed E-state index contributed by atoms with van der Waals surface area (Å²) in [7, 11) is 1.77. The average Bonchev–Trinajstić information content (AvgIpc) is 3.10. The lowest BCUT2D eigenvalue weighted by atomic mass is 9.83. The zero-order valence-electron chi connectivity index (χ0n) is 18.6. The normalized spacial score (nSPS) is 28.4. The Morgan fingerprint density at radius 2 is 1.90 bits per heavy atom. The number of aliphatic hydroxyl groups excluding tert-OH is 1. The lowest BCUT2D eigenvalue weighted by Gasteiger charge is -2.37. The number of aliphatic hydroxyl groups is 1. The van der Waals surface area contributed by atoms with Crippen molar-refractivity contribution in [3.8, 4) is 0 Å². The van der Waals surface area contributed by atoms with Crippen molar-refractivity contribution in [3.05, 3.63) is 35.6 Å². The first-order valence-corrected chi connectivity index (χ1v) is 11.2. The van der Waals surface area contributed by atoms with Gasteiger partial charge in [-0.25, -0.2) is 9.18 Å². The minimum Gasteiger partial charge on any atom is -0.444 e. The Labute approximate surface area is 179 Å². The van der Waals surface area contributed by atoms with Crippen LogP contribution in [0.4, 0.5) is 9.18 Å². The summed E-state index contributed by atoms with van der Waals surface area (Å²) in [5.41, 5.74) is -0.121. The molecule has 1 amide bonds. The van der Waals surface area contributed by atoms with Gasteiger partial charge < -0.3 is 14.6 Å². The van der Waals surface area contributed by atoms with Gasteiger partial charge in [0, 0.05) is 13.2 Å². The zero-order chi connectivity index (χ0) is 21.9. The van der Waals surface area contributed by atoms with E-state index in [-0.39, 0.29) is 11.9 Å². The predicted molar refractivity (Wildman–Crippen MR) is 114 cm³/mol. The van der Waals surface area contributed by atoms with Crippen LogP contribution in [0.3, 0.4) is 0 Å². The molecule has 1 aromatic carbocycles. The number of hydrogen-bond donors (Lipinski definition) is 1. The van der Waals surface area contributed by atoms with Gasteiger partial charge in [-0.05, 0) is 89.3 Å². The Morgan fingerprint density at radius 3 is 2.50 bits per heavy atom. The molecule has 3 rings (SSSR count). The molecule has 1 heterocycles. The van der Waals surface area contributed by atoms with E-state index in [9.17, 15) is 14.3 Å². The van der Waals surface area contributed by atoms with E-state index in [0.717, 1.165) is 38.5 Å². The summed E-state index contributed by atoms with van der Waals surface area (Å²) in [6.45, 7) is 5.54. The van der Waals surface area contributed by atoms with Gasteiger partial charge in [0.25, 0.3) is 0 Å². The van der Waals surface area contributed by atoms with Gasteiger partial charge in [-0.15, -0.1) is 0 Å². The van der Waals surface area contributed by atoms with Gasteiger partial charge in [0.2, 0.25) is 0 Å². The van der Waals surface area contributed by atoms with Crippen LogP contribution in [0, 0.1) is 11.7 Å². The molecule has 2 fully saturated rings. The highest BCUT2D eigenvalue weighted by molar-refractivity contribution is 5.69. The largest absolute Gasteiger partial charge is 0.444 e. The van der Waals surface area contributed by atoms with Crippen LogP contribution in [0.15, 0.2) is 24.3 Å². The number of ether oxygens (including phenoxy) is 2. The predicted octanol–water partition coefficient (Wildman–Crippen LogP) is 5.22. The third-order valence-electron chi connectivity index (χ3n) is 6.44. The summed E-state index contributed by atoms with van der Waals surface area (Å²) in [6, 6.07) is 5.61. The Kier molecular flexibility index (Phi) is 7.40. The topological polar surface area (TPSA) is 59.0 Å². The van der Waals surface area contributed by atoms with Crippen molar-refractivity contribution in [2.24, 2.45) is 5.92 Å². The molecule has 1 aromatic rings. The van der Waals surface area contributed by atoms with Crippen molar-refractivity contribution < 1.29 is 23.8 Å². The van der Waals surface area contributed by atoms with Crippen LogP contribution < -0.4 is 0 Å². The number of hydrogen-bond acceptors (Lipinski definition) is 4. The van der Waals surface area contributed by atoms with E-state index < -0.39 is 23.8 Å². The molecule has 1 N–H and O–H groups in total. The molecule has 0 radical (unpaired) electrons. The van der Waals surface area contributed by atoms with E-state index >= 15 is 0 Å². The smallest absolute Gasteiger partial charge is 0.410 e. The molecular formula is C24H36FNO4. The summed E-state index contributed by atoms with van der Waals surface area (Å²) in [6.07, 6.45) is 5.69. The summed E-state index contributed by atoms with van der Waals surface area (Å²) in [5, 5.41) is 11.0. The second-order valence-electron chi connectivity index (χ2n) is 9.80. The molecule has 1 aliphatic carbocycles. The van der Waals surface area contributed by atoms with Crippen LogP contribution >= 0.6 is 0 Å². The molecule has 1 aliphatic heterocycles. The van der Waals surface area contributed by atoms with Crippen LogP contribution in [0.25, 0.3) is 0 Å². The molecule has 3 atom stereocenters. The number of methoxy groups -OCH3 is 1. The summed E-state index contributed by atoms with van der Waals surface area (Å²) in [5.74, 6) is 0.149. The standard InChI is InChI=1S/C24H36FNO4/c1-24(2,3)30-23(28)26-19(14-16-8-11-20(29-4)12-9-16)10-13-21(26)22(27)17-6-5-7-18(25)15-17/h5-7,15-16,19-22,27H,8-14H2,1-4H3/t16?,19?,20?,21?,22-/m1/s1. The Morgan fingerprint density at radius 1 is 1.20 bits per heavy atom. The number of likely N-dealkylation sites (tertiary alicyclic amines) is 1. The van der Waals surface area contributed by atoms with E-state index in [1.165, 1.54) is 12.1 Å². The number of nitrogens with zero attached hydrogens (tertiary/aromatic N) is 1. The molecule has 5 nitrogen and oxygen atoms in total. The fourth-order valence-electron chi connectivity index (χ4n) is 4.95. The highest BCUT2D eigenvalue weighted by Crippen LogP contribution is 2.39. The number of carbonyl (C=O) groups is 1. The van der Waals surface area contributed by atoms with E-state index in [0.29, 0.717) is 24.0 Å². The van der Waals surface area contributed by atoms with Crippen LogP contribution in [-0.2, 0) is 9.47 Å². The highest BCUT2D eigenvalue weighted by Gasteiger charge is 2.43. The fraction of sp³-hybridized carbons (Fsp3) is 0.708. The van der Waals surface area contributed by atoms with E-state index in [4.69, 9.17) is 9.47 Å². The number of rotatable bonds is 5. The quantitative estimate of drug-likeness (QED) is 0.708. The van der Waals surface area contributed by atoms with Gasteiger partial charge in [-0.2, -0.15) is 0 Å². The monoisotopic (exact) mass is 421 g/mol. The summed E-state index contributed by atoms with van der Waals surface area (Å²) >= 11 is 0. The van der Waals surface area contributed by atoms with Gasteiger partial charge in [-0.3, -0.25) is 4.90 Å². The van der Waals surface area contributed by atoms with Crippen molar-refractivity contribution in [1.29, 1.82) is 0 Å². The molecule has 0 bridgehead atoms. The number of benzene rings is 1. The first-order valence-electron chi connectivity index (χ1n) is 11.2. The molecule has 1 saturated carbocycles. The second-order valence-corrected chi connectivity index (χ2v) is 9.80. The summed E-state index contributed by atoms with van der Waals surface area (Å²) in [4.78, 5) is 14.9. The molecule has 0 aromatic heterocycles. The molecular weight excluding hydrogens is 385 g/mol.